The van der Waals surface area contributed by atoms with Gasteiger partial charge in [0.25, 0.3) is 0 Å². The van der Waals surface area contributed by atoms with Crippen LogP contribution >= 0.6 is 0 Å². The van der Waals surface area contributed by atoms with Crippen LogP contribution in [-0.2, 0) is 17.9 Å². The van der Waals surface area contributed by atoms with Crippen LogP contribution in [0.2, 0.25) is 0 Å². The van der Waals surface area contributed by atoms with Crippen LogP contribution in [0, 0.1) is 5.92 Å². The third-order valence-corrected chi connectivity index (χ3v) is 4.15. The normalized spacial score (nSPS) is 14.0. The molecule has 1 aromatic heterocycles. The standard InChI is InChI=1S/C18H22N4O/c1-12(2)18(23)21-9-10-22-15(11-21)16(13(3)19)20-17(22)14-7-5-4-6-8-14/h4-8,12H,3,9-11,19H2,1-2H3. The molecule has 0 radical (unpaired) electrons. The van der Waals surface area contributed by atoms with Crippen LogP contribution in [0.25, 0.3) is 17.1 Å². The lowest BCUT2D eigenvalue weighted by molar-refractivity contribution is -0.135. The van der Waals surface area contributed by atoms with Crippen molar-refractivity contribution in [1.29, 1.82) is 0 Å². The molecule has 5 nitrogen and oxygen atoms in total. The summed E-state index contributed by atoms with van der Waals surface area (Å²) in [6.45, 7) is 9.63. The molecule has 0 unspecified atom stereocenters. The van der Waals surface area contributed by atoms with Gasteiger partial charge in [0.1, 0.15) is 11.5 Å². The van der Waals surface area contributed by atoms with Crippen molar-refractivity contribution in [2.75, 3.05) is 6.54 Å². The van der Waals surface area contributed by atoms with Crippen LogP contribution in [0.1, 0.15) is 25.2 Å². The fraction of sp³-hybridized carbons (Fsp3) is 0.333. The molecule has 5 heteroatoms. The fourth-order valence-electron chi connectivity index (χ4n) is 2.99. The molecule has 0 saturated carbocycles. The first kappa shape index (κ1) is 15.3. The van der Waals surface area contributed by atoms with E-state index in [4.69, 9.17) is 10.7 Å². The minimum Gasteiger partial charge on any atom is -0.397 e. The van der Waals surface area contributed by atoms with Crippen molar-refractivity contribution in [3.8, 4) is 11.4 Å². The number of nitrogens with two attached hydrogens (primary N) is 1. The first-order chi connectivity index (χ1) is 11.0. The van der Waals surface area contributed by atoms with E-state index in [1.54, 1.807) is 0 Å². The Hall–Kier alpha value is -2.56. The van der Waals surface area contributed by atoms with E-state index in [0.29, 0.717) is 24.5 Å². The van der Waals surface area contributed by atoms with Gasteiger partial charge in [-0.05, 0) is 0 Å². The first-order valence-corrected chi connectivity index (χ1v) is 7.87. The highest BCUT2D eigenvalue weighted by Gasteiger charge is 2.28. The van der Waals surface area contributed by atoms with E-state index in [0.717, 1.165) is 23.6 Å². The maximum absolute atomic E-state index is 12.3. The van der Waals surface area contributed by atoms with Gasteiger partial charge in [-0.25, -0.2) is 4.98 Å². The van der Waals surface area contributed by atoms with E-state index in [-0.39, 0.29) is 11.8 Å². The summed E-state index contributed by atoms with van der Waals surface area (Å²) in [5.41, 5.74) is 9.09. The summed E-state index contributed by atoms with van der Waals surface area (Å²) in [5, 5.41) is 0. The predicted molar refractivity (Wildman–Crippen MR) is 91.1 cm³/mol. The van der Waals surface area contributed by atoms with Crippen LogP contribution in [0.4, 0.5) is 0 Å². The van der Waals surface area contributed by atoms with Gasteiger partial charge >= 0.3 is 0 Å². The van der Waals surface area contributed by atoms with Gasteiger partial charge in [-0.1, -0.05) is 50.8 Å². The van der Waals surface area contributed by atoms with E-state index in [2.05, 4.69) is 11.1 Å². The molecule has 23 heavy (non-hydrogen) atoms. The molecule has 1 aliphatic rings. The molecule has 0 aliphatic carbocycles. The first-order valence-electron chi connectivity index (χ1n) is 7.87. The number of amides is 1. The van der Waals surface area contributed by atoms with E-state index >= 15 is 0 Å². The number of aromatic nitrogens is 2. The molecular weight excluding hydrogens is 288 g/mol. The van der Waals surface area contributed by atoms with Gasteiger partial charge in [0.05, 0.1) is 17.9 Å². The van der Waals surface area contributed by atoms with Gasteiger partial charge in [-0.2, -0.15) is 0 Å². The molecule has 0 saturated heterocycles. The molecule has 1 amide bonds. The summed E-state index contributed by atoms with van der Waals surface area (Å²) < 4.78 is 2.16. The Labute approximate surface area is 136 Å². The van der Waals surface area contributed by atoms with Crippen molar-refractivity contribution >= 4 is 11.6 Å². The van der Waals surface area contributed by atoms with Gasteiger partial charge in [0, 0.05) is 24.6 Å². The third-order valence-electron chi connectivity index (χ3n) is 4.15. The van der Waals surface area contributed by atoms with Crippen molar-refractivity contribution in [3.05, 3.63) is 48.3 Å². The van der Waals surface area contributed by atoms with Gasteiger partial charge in [-0.15, -0.1) is 0 Å². The smallest absolute Gasteiger partial charge is 0.225 e. The number of rotatable bonds is 3. The van der Waals surface area contributed by atoms with E-state index in [9.17, 15) is 4.79 Å². The molecule has 2 heterocycles. The topological polar surface area (TPSA) is 64.2 Å². The molecule has 120 valence electrons. The summed E-state index contributed by atoms with van der Waals surface area (Å²) in [7, 11) is 0. The minimum atomic E-state index is -0.0115. The average molecular weight is 310 g/mol. The minimum absolute atomic E-state index is 0.0115. The molecule has 1 aromatic carbocycles. The van der Waals surface area contributed by atoms with Crippen LogP contribution in [0.5, 0.6) is 0 Å². The summed E-state index contributed by atoms with van der Waals surface area (Å²) in [6, 6.07) is 10.0. The number of carbonyl (C=O) groups excluding carboxylic acids is 1. The van der Waals surface area contributed by atoms with Crippen LogP contribution in [0.15, 0.2) is 36.9 Å². The summed E-state index contributed by atoms with van der Waals surface area (Å²) in [6.07, 6.45) is 0. The maximum atomic E-state index is 12.3. The summed E-state index contributed by atoms with van der Waals surface area (Å²) >= 11 is 0. The van der Waals surface area contributed by atoms with Crippen molar-refractivity contribution in [2.45, 2.75) is 26.9 Å². The van der Waals surface area contributed by atoms with E-state index in [1.165, 1.54) is 0 Å². The van der Waals surface area contributed by atoms with Crippen molar-refractivity contribution in [3.63, 3.8) is 0 Å². The molecule has 0 bridgehead atoms. The molecule has 0 atom stereocenters. The molecule has 2 N–H and O–H groups in total. The Morgan fingerprint density at radius 2 is 1.96 bits per heavy atom. The van der Waals surface area contributed by atoms with Gasteiger partial charge < -0.3 is 15.2 Å². The lowest BCUT2D eigenvalue weighted by Crippen LogP contribution is -2.40. The number of hydrogen-bond acceptors (Lipinski definition) is 3. The molecule has 2 aromatic rings. The summed E-state index contributed by atoms with van der Waals surface area (Å²) in [4.78, 5) is 18.9. The van der Waals surface area contributed by atoms with Crippen molar-refractivity contribution < 1.29 is 4.79 Å². The van der Waals surface area contributed by atoms with Crippen LogP contribution in [0.3, 0.4) is 0 Å². The Morgan fingerprint density at radius 3 is 2.57 bits per heavy atom. The zero-order valence-corrected chi connectivity index (χ0v) is 13.6. The number of nitrogens with zero attached hydrogens (tertiary/aromatic N) is 3. The second-order valence-corrected chi connectivity index (χ2v) is 6.19. The fourth-order valence-corrected chi connectivity index (χ4v) is 2.99. The average Bonchev–Trinajstić information content (AvgIpc) is 2.93. The van der Waals surface area contributed by atoms with Crippen LogP contribution < -0.4 is 5.73 Å². The van der Waals surface area contributed by atoms with Crippen molar-refractivity contribution in [1.82, 2.24) is 14.5 Å². The van der Waals surface area contributed by atoms with Crippen LogP contribution in [-0.4, -0.2) is 26.9 Å². The quantitative estimate of drug-likeness (QED) is 0.947. The zero-order chi connectivity index (χ0) is 16.6. The second-order valence-electron chi connectivity index (χ2n) is 6.19. The van der Waals surface area contributed by atoms with E-state index in [1.807, 2.05) is 49.1 Å². The second kappa shape index (κ2) is 5.91. The van der Waals surface area contributed by atoms with Gasteiger partial charge in [-0.3, -0.25) is 4.79 Å². The molecular formula is C18H22N4O. The number of hydrogen-bond donors (Lipinski definition) is 1. The van der Waals surface area contributed by atoms with E-state index < -0.39 is 0 Å². The lowest BCUT2D eigenvalue weighted by Gasteiger charge is -2.30. The number of fused-ring (bicyclic) bond motifs is 1. The number of benzene rings is 1. The lowest BCUT2D eigenvalue weighted by atomic mass is 10.1. The Balaban J connectivity index is 2.04. The molecule has 3 rings (SSSR count). The predicted octanol–water partition coefficient (Wildman–Crippen LogP) is 2.48. The Bertz CT molecular complexity index is 746. The summed E-state index contributed by atoms with van der Waals surface area (Å²) in [5.74, 6) is 1.04. The zero-order valence-electron chi connectivity index (χ0n) is 13.6. The third kappa shape index (κ3) is 2.74. The highest BCUT2D eigenvalue weighted by Crippen LogP contribution is 2.28. The largest absolute Gasteiger partial charge is 0.397 e. The molecule has 0 fully saturated rings. The van der Waals surface area contributed by atoms with Gasteiger partial charge in [0.15, 0.2) is 0 Å². The highest BCUT2D eigenvalue weighted by molar-refractivity contribution is 5.78. The Morgan fingerprint density at radius 1 is 1.26 bits per heavy atom. The Kier molecular flexibility index (Phi) is 3.94. The number of carbonyl (C=O) groups is 1. The monoisotopic (exact) mass is 310 g/mol. The molecule has 0 spiro atoms. The highest BCUT2D eigenvalue weighted by atomic mass is 16.2. The molecule has 1 aliphatic heterocycles. The maximum Gasteiger partial charge on any atom is 0.225 e. The van der Waals surface area contributed by atoms with Crippen molar-refractivity contribution in [2.24, 2.45) is 11.7 Å². The SMILES string of the molecule is C=C(N)c1nc(-c2ccccc2)n2c1CN(C(=O)C(C)C)CC2. The van der Waals surface area contributed by atoms with Gasteiger partial charge in [0.2, 0.25) is 5.91 Å². The number of imidazole rings is 1.